The minimum absolute atomic E-state index is 0.00824. The van der Waals surface area contributed by atoms with Crippen LogP contribution >= 0.6 is 12.2 Å². The Kier molecular flexibility index (Phi) is 5.94. The summed E-state index contributed by atoms with van der Waals surface area (Å²) in [5, 5.41) is 10.0. The molecule has 1 aromatic heterocycles. The summed E-state index contributed by atoms with van der Waals surface area (Å²) in [7, 11) is 0. The van der Waals surface area contributed by atoms with Gasteiger partial charge in [0.05, 0.1) is 6.54 Å². The highest BCUT2D eigenvalue weighted by molar-refractivity contribution is 7.71. The lowest BCUT2D eigenvalue weighted by molar-refractivity contribution is -0.137. The summed E-state index contributed by atoms with van der Waals surface area (Å²) >= 11 is 5.27. The Labute approximate surface area is 174 Å². The van der Waals surface area contributed by atoms with Crippen LogP contribution in [-0.2, 0) is 16.1 Å². The Morgan fingerprint density at radius 2 is 1.90 bits per heavy atom. The molecule has 1 aliphatic heterocycles. The number of benzene rings is 1. The fourth-order valence-corrected chi connectivity index (χ4v) is 3.93. The smallest absolute Gasteiger partial charge is 0.260 e. The van der Waals surface area contributed by atoms with E-state index < -0.39 is 0 Å². The summed E-state index contributed by atoms with van der Waals surface area (Å²) in [6, 6.07) is 9.71. The minimum atomic E-state index is -0.0922. The standard InChI is InChI=1S/C20H25N5O3S/c26-18(13-28-16-4-2-1-3-5-16)24-10-8-14(9-11-24)19(27)21-12-17-22-23-20(29)25(17)15-6-7-15/h1-5,14-15H,6-13H2,(H,21,27)(H,23,29). The lowest BCUT2D eigenvalue weighted by atomic mass is 9.96. The number of likely N-dealkylation sites (tertiary alicyclic amines) is 1. The van der Waals surface area contributed by atoms with E-state index in [0.29, 0.717) is 49.0 Å². The molecule has 4 rings (SSSR count). The normalized spacial score (nSPS) is 17.2. The largest absolute Gasteiger partial charge is 0.484 e. The number of nitrogens with one attached hydrogen (secondary N) is 2. The van der Waals surface area contributed by atoms with Crippen LogP contribution in [0.15, 0.2) is 30.3 Å². The predicted octanol–water partition coefficient (Wildman–Crippen LogP) is 2.21. The van der Waals surface area contributed by atoms with Crippen molar-refractivity contribution in [2.75, 3.05) is 19.7 Å². The molecule has 2 N–H and O–H groups in total. The summed E-state index contributed by atoms with van der Waals surface area (Å²) in [5.41, 5.74) is 0. The fourth-order valence-electron chi connectivity index (χ4n) is 3.63. The van der Waals surface area contributed by atoms with Crippen LogP contribution in [0, 0.1) is 10.7 Å². The highest BCUT2D eigenvalue weighted by Crippen LogP contribution is 2.35. The molecule has 2 heterocycles. The van der Waals surface area contributed by atoms with E-state index in [2.05, 4.69) is 15.5 Å². The molecule has 0 radical (unpaired) electrons. The second kappa shape index (κ2) is 8.77. The van der Waals surface area contributed by atoms with Crippen molar-refractivity contribution in [3.8, 4) is 5.75 Å². The van der Waals surface area contributed by atoms with E-state index in [4.69, 9.17) is 17.0 Å². The van der Waals surface area contributed by atoms with Gasteiger partial charge >= 0.3 is 0 Å². The van der Waals surface area contributed by atoms with Crippen LogP contribution in [0.1, 0.15) is 37.5 Å². The van der Waals surface area contributed by atoms with Crippen LogP contribution in [0.3, 0.4) is 0 Å². The van der Waals surface area contributed by atoms with Gasteiger partial charge in [-0.15, -0.1) is 0 Å². The number of carbonyl (C=O) groups excluding carboxylic acids is 2. The van der Waals surface area contributed by atoms with Crippen LogP contribution < -0.4 is 10.1 Å². The number of carbonyl (C=O) groups is 2. The molecule has 2 aliphatic rings. The van der Waals surface area contributed by atoms with Crippen molar-refractivity contribution < 1.29 is 14.3 Å². The summed E-state index contributed by atoms with van der Waals surface area (Å²) < 4.78 is 8.15. The molecule has 0 unspecified atom stereocenters. The first-order chi connectivity index (χ1) is 14.1. The zero-order valence-corrected chi connectivity index (χ0v) is 17.0. The van der Waals surface area contributed by atoms with Gasteiger partial charge in [-0.3, -0.25) is 19.3 Å². The van der Waals surface area contributed by atoms with E-state index in [9.17, 15) is 9.59 Å². The van der Waals surface area contributed by atoms with Gasteiger partial charge in [-0.1, -0.05) is 18.2 Å². The van der Waals surface area contributed by atoms with E-state index >= 15 is 0 Å². The van der Waals surface area contributed by atoms with Crippen LogP contribution in [-0.4, -0.2) is 51.2 Å². The first-order valence-electron chi connectivity index (χ1n) is 10.0. The third kappa shape index (κ3) is 4.84. The Hall–Kier alpha value is -2.68. The van der Waals surface area contributed by atoms with Gasteiger partial charge in [0, 0.05) is 25.0 Å². The molecule has 9 heteroatoms. The first kappa shape index (κ1) is 19.6. The molecule has 1 aromatic carbocycles. The third-order valence-corrected chi connectivity index (χ3v) is 5.72. The second-order valence-corrected chi connectivity index (χ2v) is 7.91. The molecule has 0 atom stereocenters. The molecule has 2 amide bonds. The molecule has 0 bridgehead atoms. The van der Waals surface area contributed by atoms with Crippen LogP contribution in [0.4, 0.5) is 0 Å². The molecular formula is C20H25N5O3S. The number of hydrogen-bond donors (Lipinski definition) is 2. The summed E-state index contributed by atoms with van der Waals surface area (Å²) in [6.07, 6.45) is 3.52. The predicted molar refractivity (Wildman–Crippen MR) is 109 cm³/mol. The molecular weight excluding hydrogens is 390 g/mol. The van der Waals surface area contributed by atoms with Crippen molar-refractivity contribution in [1.82, 2.24) is 25.0 Å². The van der Waals surface area contributed by atoms with E-state index in [1.807, 2.05) is 34.9 Å². The molecule has 1 saturated carbocycles. The van der Waals surface area contributed by atoms with Gasteiger partial charge < -0.3 is 15.0 Å². The van der Waals surface area contributed by atoms with Gasteiger partial charge in [0.2, 0.25) is 5.91 Å². The zero-order valence-electron chi connectivity index (χ0n) is 16.2. The maximum atomic E-state index is 12.5. The van der Waals surface area contributed by atoms with E-state index in [1.165, 1.54) is 0 Å². The van der Waals surface area contributed by atoms with Gasteiger partial charge in [0.15, 0.2) is 17.2 Å². The number of para-hydroxylation sites is 1. The lowest BCUT2D eigenvalue weighted by Crippen LogP contribution is -2.44. The van der Waals surface area contributed by atoms with Gasteiger partial charge in [-0.2, -0.15) is 5.10 Å². The summed E-state index contributed by atoms with van der Waals surface area (Å²) in [6.45, 7) is 1.52. The monoisotopic (exact) mass is 415 g/mol. The van der Waals surface area contributed by atoms with Crippen molar-refractivity contribution >= 4 is 24.0 Å². The highest BCUT2D eigenvalue weighted by atomic mass is 32.1. The molecule has 29 heavy (non-hydrogen) atoms. The lowest BCUT2D eigenvalue weighted by Gasteiger charge is -2.31. The van der Waals surface area contributed by atoms with E-state index in [-0.39, 0.29) is 24.3 Å². The SMILES string of the molecule is O=C(NCc1n[nH]c(=S)n1C1CC1)C1CCN(C(=O)COc2ccccc2)CC1. The second-order valence-electron chi connectivity index (χ2n) is 7.52. The molecule has 1 aliphatic carbocycles. The average molecular weight is 416 g/mol. The van der Waals surface area contributed by atoms with Gasteiger partial charge in [0.25, 0.3) is 5.91 Å². The fraction of sp³-hybridized carbons (Fsp3) is 0.500. The Balaban J connectivity index is 1.21. The van der Waals surface area contributed by atoms with Crippen molar-refractivity contribution in [3.05, 3.63) is 40.9 Å². The number of aromatic nitrogens is 3. The molecule has 8 nitrogen and oxygen atoms in total. The molecule has 1 saturated heterocycles. The van der Waals surface area contributed by atoms with Crippen LogP contribution in [0.2, 0.25) is 0 Å². The number of ether oxygens (including phenoxy) is 1. The number of piperidine rings is 1. The Morgan fingerprint density at radius 3 is 2.59 bits per heavy atom. The molecule has 2 fully saturated rings. The number of H-pyrrole nitrogens is 1. The summed E-state index contributed by atoms with van der Waals surface area (Å²) in [4.78, 5) is 26.7. The van der Waals surface area contributed by atoms with Gasteiger partial charge in [-0.05, 0) is 50.0 Å². The van der Waals surface area contributed by atoms with Crippen LogP contribution in [0.5, 0.6) is 5.75 Å². The number of hydrogen-bond acceptors (Lipinski definition) is 5. The average Bonchev–Trinajstić information content (AvgIpc) is 3.53. The summed E-state index contributed by atoms with van der Waals surface area (Å²) in [5.74, 6) is 1.32. The maximum Gasteiger partial charge on any atom is 0.260 e. The first-order valence-corrected chi connectivity index (χ1v) is 10.4. The minimum Gasteiger partial charge on any atom is -0.484 e. The van der Waals surface area contributed by atoms with E-state index in [0.717, 1.165) is 18.7 Å². The molecule has 0 spiro atoms. The Bertz CT molecular complexity index is 914. The van der Waals surface area contributed by atoms with Crippen molar-refractivity contribution in [2.45, 2.75) is 38.3 Å². The number of rotatable bonds is 7. The van der Waals surface area contributed by atoms with Crippen molar-refractivity contribution in [2.24, 2.45) is 5.92 Å². The Morgan fingerprint density at radius 1 is 1.17 bits per heavy atom. The highest BCUT2D eigenvalue weighted by Gasteiger charge is 2.29. The quantitative estimate of drug-likeness (QED) is 0.677. The van der Waals surface area contributed by atoms with Crippen LogP contribution in [0.25, 0.3) is 0 Å². The zero-order chi connectivity index (χ0) is 20.2. The number of aromatic amines is 1. The van der Waals surface area contributed by atoms with Crippen molar-refractivity contribution in [1.29, 1.82) is 0 Å². The van der Waals surface area contributed by atoms with Crippen molar-refractivity contribution in [3.63, 3.8) is 0 Å². The molecule has 2 aromatic rings. The van der Waals surface area contributed by atoms with E-state index in [1.54, 1.807) is 4.90 Å². The maximum absolute atomic E-state index is 12.5. The molecule has 154 valence electrons. The van der Waals surface area contributed by atoms with Gasteiger partial charge in [0.1, 0.15) is 5.75 Å². The number of amides is 2. The van der Waals surface area contributed by atoms with Gasteiger partial charge in [-0.25, -0.2) is 0 Å². The topological polar surface area (TPSA) is 92.3 Å². The third-order valence-electron chi connectivity index (χ3n) is 5.43. The number of nitrogens with zero attached hydrogens (tertiary/aromatic N) is 3.